The molecule has 1 unspecified atom stereocenters. The van der Waals surface area contributed by atoms with Crippen LogP contribution in [0, 0.1) is 0 Å². The Balaban J connectivity index is 1.97. The molecule has 2 aliphatic rings. The van der Waals surface area contributed by atoms with Gasteiger partial charge >= 0.3 is 0 Å². The van der Waals surface area contributed by atoms with Gasteiger partial charge in [-0.25, -0.2) is 9.97 Å². The second kappa shape index (κ2) is 4.01. The molecule has 86 valence electrons. The van der Waals surface area contributed by atoms with Gasteiger partial charge in [0.15, 0.2) is 0 Å². The van der Waals surface area contributed by atoms with Crippen LogP contribution in [-0.4, -0.2) is 23.1 Å². The molecule has 1 saturated heterocycles. The van der Waals surface area contributed by atoms with Crippen molar-refractivity contribution in [3.63, 3.8) is 0 Å². The number of nitrogens with two attached hydrogens (primary N) is 1. The van der Waals surface area contributed by atoms with Crippen LogP contribution < -0.4 is 11.1 Å². The molecule has 1 aliphatic carbocycles. The summed E-state index contributed by atoms with van der Waals surface area (Å²) in [5, 5.41) is 3.35. The molecule has 1 aromatic rings. The summed E-state index contributed by atoms with van der Waals surface area (Å²) in [7, 11) is 0. The summed E-state index contributed by atoms with van der Waals surface area (Å²) in [6.07, 6.45) is 5.74. The first-order valence-corrected chi connectivity index (χ1v) is 6.20. The van der Waals surface area contributed by atoms with E-state index in [4.69, 9.17) is 10.7 Å². The maximum absolute atomic E-state index is 6.04. The summed E-state index contributed by atoms with van der Waals surface area (Å²) in [6.45, 7) is 2.07. The fourth-order valence-electron chi connectivity index (χ4n) is 2.70. The van der Waals surface area contributed by atoms with Gasteiger partial charge in [0.25, 0.3) is 0 Å². The van der Waals surface area contributed by atoms with Crippen molar-refractivity contribution in [2.75, 3.05) is 18.8 Å². The summed E-state index contributed by atoms with van der Waals surface area (Å²) in [5.41, 5.74) is 8.46. The van der Waals surface area contributed by atoms with Crippen molar-refractivity contribution in [2.45, 2.75) is 38.0 Å². The Hall–Kier alpha value is -1.16. The van der Waals surface area contributed by atoms with Gasteiger partial charge in [-0.15, -0.1) is 0 Å². The minimum atomic E-state index is 0.467. The molecular weight excluding hydrogens is 200 g/mol. The fraction of sp³-hybridized carbons (Fsp3) is 0.667. The largest absolute Gasteiger partial charge is 0.383 e. The minimum Gasteiger partial charge on any atom is -0.383 e. The normalized spacial score (nSPS) is 24.4. The second-order valence-corrected chi connectivity index (χ2v) is 4.79. The third-order valence-corrected chi connectivity index (χ3v) is 3.66. The lowest BCUT2D eigenvalue weighted by Crippen LogP contribution is -2.16. The average molecular weight is 218 g/mol. The summed E-state index contributed by atoms with van der Waals surface area (Å²) in [4.78, 5) is 9.22. The van der Waals surface area contributed by atoms with Gasteiger partial charge in [-0.2, -0.15) is 0 Å². The average Bonchev–Trinajstić information content (AvgIpc) is 2.82. The SMILES string of the molecule is Nc1nc(C2CCNC2)nc2c1CCCC2. The molecule has 1 atom stereocenters. The quantitative estimate of drug-likeness (QED) is 0.738. The molecule has 0 saturated carbocycles. The smallest absolute Gasteiger partial charge is 0.135 e. The van der Waals surface area contributed by atoms with Crippen molar-refractivity contribution in [2.24, 2.45) is 0 Å². The molecule has 4 heteroatoms. The molecule has 0 bridgehead atoms. The summed E-state index contributed by atoms with van der Waals surface area (Å²) < 4.78 is 0. The number of nitrogens with zero attached hydrogens (tertiary/aromatic N) is 2. The molecular formula is C12H18N4. The van der Waals surface area contributed by atoms with Crippen molar-refractivity contribution in [1.82, 2.24) is 15.3 Å². The van der Waals surface area contributed by atoms with E-state index in [0.29, 0.717) is 5.92 Å². The third kappa shape index (κ3) is 1.67. The van der Waals surface area contributed by atoms with Crippen molar-refractivity contribution < 1.29 is 0 Å². The maximum Gasteiger partial charge on any atom is 0.135 e. The molecule has 1 aliphatic heterocycles. The first kappa shape index (κ1) is 10.0. The number of fused-ring (bicyclic) bond motifs is 1. The molecule has 0 spiro atoms. The summed E-state index contributed by atoms with van der Waals surface area (Å²) in [5.74, 6) is 2.16. The summed E-state index contributed by atoms with van der Waals surface area (Å²) >= 11 is 0. The van der Waals surface area contributed by atoms with Crippen LogP contribution in [0.3, 0.4) is 0 Å². The van der Waals surface area contributed by atoms with Crippen molar-refractivity contribution in [1.29, 1.82) is 0 Å². The van der Waals surface area contributed by atoms with Crippen LogP contribution in [0.25, 0.3) is 0 Å². The molecule has 0 amide bonds. The highest BCUT2D eigenvalue weighted by molar-refractivity contribution is 5.44. The molecule has 3 N–H and O–H groups in total. The highest BCUT2D eigenvalue weighted by Gasteiger charge is 2.23. The van der Waals surface area contributed by atoms with Crippen molar-refractivity contribution in [3.8, 4) is 0 Å². The van der Waals surface area contributed by atoms with Gasteiger partial charge in [0.2, 0.25) is 0 Å². The highest BCUT2D eigenvalue weighted by Crippen LogP contribution is 2.27. The van der Waals surface area contributed by atoms with E-state index < -0.39 is 0 Å². The Morgan fingerprint density at radius 2 is 2.06 bits per heavy atom. The van der Waals surface area contributed by atoms with E-state index in [1.807, 2.05) is 0 Å². The Labute approximate surface area is 95.7 Å². The predicted molar refractivity (Wildman–Crippen MR) is 63.3 cm³/mol. The highest BCUT2D eigenvalue weighted by atomic mass is 15.0. The first-order chi connectivity index (χ1) is 7.84. The fourth-order valence-corrected chi connectivity index (χ4v) is 2.70. The number of rotatable bonds is 1. The number of hydrogen-bond acceptors (Lipinski definition) is 4. The number of nitrogens with one attached hydrogen (secondary N) is 1. The molecule has 2 heterocycles. The number of hydrogen-bond donors (Lipinski definition) is 2. The predicted octanol–water partition coefficient (Wildman–Crippen LogP) is 1.01. The van der Waals surface area contributed by atoms with Crippen LogP contribution in [0.15, 0.2) is 0 Å². The molecule has 3 rings (SSSR count). The topological polar surface area (TPSA) is 63.8 Å². The van der Waals surface area contributed by atoms with Crippen LogP contribution in [0.5, 0.6) is 0 Å². The van der Waals surface area contributed by atoms with E-state index in [0.717, 1.165) is 44.0 Å². The van der Waals surface area contributed by atoms with Gasteiger partial charge in [-0.05, 0) is 38.6 Å². The lowest BCUT2D eigenvalue weighted by atomic mass is 9.96. The lowest BCUT2D eigenvalue weighted by Gasteiger charge is -2.18. The van der Waals surface area contributed by atoms with Gasteiger partial charge in [-0.3, -0.25) is 0 Å². The first-order valence-electron chi connectivity index (χ1n) is 6.20. The third-order valence-electron chi connectivity index (χ3n) is 3.66. The zero-order valence-corrected chi connectivity index (χ0v) is 9.50. The van der Waals surface area contributed by atoms with Crippen LogP contribution in [0.2, 0.25) is 0 Å². The van der Waals surface area contributed by atoms with Crippen LogP contribution in [0.4, 0.5) is 5.82 Å². The molecule has 1 fully saturated rings. The van der Waals surface area contributed by atoms with Gasteiger partial charge in [0.05, 0.1) is 0 Å². The molecule has 1 aromatic heterocycles. The van der Waals surface area contributed by atoms with Crippen LogP contribution in [0.1, 0.15) is 42.3 Å². The molecule has 4 nitrogen and oxygen atoms in total. The lowest BCUT2D eigenvalue weighted by molar-refractivity contribution is 0.635. The van der Waals surface area contributed by atoms with Crippen molar-refractivity contribution >= 4 is 5.82 Å². The van der Waals surface area contributed by atoms with E-state index in [2.05, 4.69) is 10.3 Å². The van der Waals surface area contributed by atoms with E-state index in [1.54, 1.807) is 0 Å². The number of nitrogen functional groups attached to an aromatic ring is 1. The Morgan fingerprint density at radius 3 is 2.88 bits per heavy atom. The van der Waals surface area contributed by atoms with E-state index in [-0.39, 0.29) is 0 Å². The van der Waals surface area contributed by atoms with Crippen LogP contribution >= 0.6 is 0 Å². The van der Waals surface area contributed by atoms with E-state index in [1.165, 1.54) is 24.1 Å². The monoisotopic (exact) mass is 218 g/mol. The Kier molecular flexibility index (Phi) is 2.52. The zero-order valence-electron chi connectivity index (χ0n) is 9.50. The Bertz CT molecular complexity index is 396. The molecule has 0 radical (unpaired) electrons. The van der Waals surface area contributed by atoms with Crippen molar-refractivity contribution in [3.05, 3.63) is 17.1 Å². The molecule has 0 aromatic carbocycles. The van der Waals surface area contributed by atoms with Crippen LogP contribution in [-0.2, 0) is 12.8 Å². The van der Waals surface area contributed by atoms with Gasteiger partial charge in [-0.1, -0.05) is 0 Å². The van der Waals surface area contributed by atoms with Gasteiger partial charge in [0, 0.05) is 23.7 Å². The van der Waals surface area contributed by atoms with E-state index >= 15 is 0 Å². The number of anilines is 1. The minimum absolute atomic E-state index is 0.467. The standard InChI is InChI=1S/C12H18N4/c13-11-9-3-1-2-4-10(9)15-12(16-11)8-5-6-14-7-8/h8,14H,1-7H2,(H2,13,15,16). The van der Waals surface area contributed by atoms with E-state index in [9.17, 15) is 0 Å². The maximum atomic E-state index is 6.04. The second-order valence-electron chi connectivity index (χ2n) is 4.79. The number of aromatic nitrogens is 2. The zero-order chi connectivity index (χ0) is 11.0. The summed E-state index contributed by atoms with van der Waals surface area (Å²) in [6, 6.07) is 0. The van der Waals surface area contributed by atoms with Gasteiger partial charge < -0.3 is 11.1 Å². The molecule has 16 heavy (non-hydrogen) atoms. The number of aryl methyl sites for hydroxylation is 1. The van der Waals surface area contributed by atoms with Gasteiger partial charge in [0.1, 0.15) is 11.6 Å². The Morgan fingerprint density at radius 1 is 1.19 bits per heavy atom.